The summed E-state index contributed by atoms with van der Waals surface area (Å²) in [5, 5.41) is 9.29. The Labute approximate surface area is 154 Å². The molecule has 0 rings (SSSR count). The van der Waals surface area contributed by atoms with Gasteiger partial charge in [-0.3, -0.25) is 0 Å². The number of aliphatic hydroxyl groups excluding tert-OH is 1. The molecule has 0 aliphatic rings. The SMILES string of the molecule is C=CCOCC(C)(C)C(F)(F)C(C)(C)OC(C)(C)C(F)(F)C(C)(C)CO. The monoisotopic (exact) mass is 386 g/mol. The van der Waals surface area contributed by atoms with Crippen molar-refractivity contribution < 1.29 is 32.1 Å². The molecule has 0 saturated carbocycles. The number of rotatable bonds is 11. The predicted molar refractivity (Wildman–Crippen MR) is 94.8 cm³/mol. The molecule has 0 saturated heterocycles. The lowest BCUT2D eigenvalue weighted by atomic mass is 9.75. The molecule has 0 atom stereocenters. The van der Waals surface area contributed by atoms with Crippen molar-refractivity contribution in [1.82, 2.24) is 0 Å². The number of alkyl halides is 4. The Hall–Kier alpha value is -0.660. The van der Waals surface area contributed by atoms with Crippen molar-refractivity contribution in [2.45, 2.75) is 78.4 Å². The van der Waals surface area contributed by atoms with E-state index in [1.807, 2.05) is 0 Å². The number of hydrogen-bond acceptors (Lipinski definition) is 3. The van der Waals surface area contributed by atoms with Crippen molar-refractivity contribution in [2.75, 3.05) is 19.8 Å². The summed E-state index contributed by atoms with van der Waals surface area (Å²) in [7, 11) is 0. The highest BCUT2D eigenvalue weighted by atomic mass is 19.3. The first-order valence-electron chi connectivity index (χ1n) is 8.58. The molecule has 156 valence electrons. The maximum atomic E-state index is 15.2. The fourth-order valence-corrected chi connectivity index (χ4v) is 2.98. The molecule has 0 bridgehead atoms. The zero-order valence-electron chi connectivity index (χ0n) is 17.2. The minimum atomic E-state index is -3.56. The summed E-state index contributed by atoms with van der Waals surface area (Å²) in [5.41, 5.74) is -7.97. The Morgan fingerprint density at radius 3 is 1.54 bits per heavy atom. The van der Waals surface area contributed by atoms with E-state index in [1.165, 1.54) is 19.9 Å². The van der Waals surface area contributed by atoms with Gasteiger partial charge in [-0.2, -0.15) is 0 Å². The molecular weight excluding hydrogens is 352 g/mol. The van der Waals surface area contributed by atoms with Crippen LogP contribution in [0.2, 0.25) is 0 Å². The van der Waals surface area contributed by atoms with E-state index in [0.717, 1.165) is 41.5 Å². The molecule has 1 N–H and O–H groups in total. The van der Waals surface area contributed by atoms with Crippen molar-refractivity contribution >= 4 is 0 Å². The summed E-state index contributed by atoms with van der Waals surface area (Å²) in [6.45, 7) is 11.7. The molecule has 0 aliphatic heterocycles. The first-order chi connectivity index (χ1) is 11.3. The molecule has 0 aromatic carbocycles. The predicted octanol–water partition coefficient (Wildman–Crippen LogP) is 5.08. The molecule has 0 aromatic heterocycles. The van der Waals surface area contributed by atoms with Gasteiger partial charge in [0.25, 0.3) is 11.8 Å². The van der Waals surface area contributed by atoms with E-state index in [9.17, 15) is 13.9 Å². The van der Waals surface area contributed by atoms with Crippen LogP contribution in [0.5, 0.6) is 0 Å². The zero-order chi connectivity index (χ0) is 21.2. The summed E-state index contributed by atoms with van der Waals surface area (Å²) >= 11 is 0. The lowest BCUT2D eigenvalue weighted by molar-refractivity contribution is -0.332. The number of halogens is 4. The second-order valence-electron chi connectivity index (χ2n) is 9.00. The highest BCUT2D eigenvalue weighted by Gasteiger charge is 2.65. The molecule has 0 fully saturated rings. The Kier molecular flexibility index (Phi) is 7.56. The lowest BCUT2D eigenvalue weighted by Gasteiger charge is -2.50. The van der Waals surface area contributed by atoms with E-state index in [-0.39, 0.29) is 13.2 Å². The molecule has 26 heavy (non-hydrogen) atoms. The van der Waals surface area contributed by atoms with Gasteiger partial charge in [-0.15, -0.1) is 6.58 Å². The third kappa shape index (κ3) is 4.60. The van der Waals surface area contributed by atoms with Crippen molar-refractivity contribution in [1.29, 1.82) is 0 Å². The molecule has 0 spiro atoms. The quantitative estimate of drug-likeness (QED) is 0.306. The molecule has 3 nitrogen and oxygen atoms in total. The van der Waals surface area contributed by atoms with E-state index in [2.05, 4.69) is 6.58 Å². The van der Waals surface area contributed by atoms with Crippen LogP contribution in [0.25, 0.3) is 0 Å². The summed E-state index contributed by atoms with van der Waals surface area (Å²) in [6.07, 6.45) is 1.44. The van der Waals surface area contributed by atoms with Crippen molar-refractivity contribution in [2.24, 2.45) is 10.8 Å². The third-order valence-corrected chi connectivity index (χ3v) is 4.82. The van der Waals surface area contributed by atoms with Crippen LogP contribution in [-0.2, 0) is 9.47 Å². The Morgan fingerprint density at radius 2 is 1.19 bits per heavy atom. The van der Waals surface area contributed by atoms with Gasteiger partial charge >= 0.3 is 0 Å². The van der Waals surface area contributed by atoms with E-state index in [0.29, 0.717) is 0 Å². The molecule has 0 unspecified atom stereocenters. The highest BCUT2D eigenvalue weighted by molar-refractivity contribution is 5.04. The molecule has 0 aromatic rings. The van der Waals surface area contributed by atoms with E-state index < -0.39 is 40.5 Å². The summed E-state index contributed by atoms with van der Waals surface area (Å²) < 4.78 is 70.6. The van der Waals surface area contributed by atoms with Crippen molar-refractivity contribution in [3.8, 4) is 0 Å². The molecule has 0 radical (unpaired) electrons. The molecule has 0 aliphatic carbocycles. The molecule has 0 amide bonds. The lowest BCUT2D eigenvalue weighted by Crippen LogP contribution is -2.64. The van der Waals surface area contributed by atoms with E-state index >= 15 is 8.78 Å². The van der Waals surface area contributed by atoms with Crippen LogP contribution in [0.3, 0.4) is 0 Å². The summed E-state index contributed by atoms with van der Waals surface area (Å²) in [4.78, 5) is 0. The zero-order valence-corrected chi connectivity index (χ0v) is 17.2. The first-order valence-corrected chi connectivity index (χ1v) is 8.58. The van der Waals surface area contributed by atoms with Crippen molar-refractivity contribution in [3.63, 3.8) is 0 Å². The number of ether oxygens (including phenoxy) is 2. The van der Waals surface area contributed by atoms with Crippen LogP contribution in [-0.4, -0.2) is 48.0 Å². The van der Waals surface area contributed by atoms with Gasteiger partial charge in [-0.1, -0.05) is 33.8 Å². The second-order valence-corrected chi connectivity index (χ2v) is 9.00. The minimum Gasteiger partial charge on any atom is -0.396 e. The van der Waals surface area contributed by atoms with Gasteiger partial charge in [0.2, 0.25) is 0 Å². The van der Waals surface area contributed by atoms with Gasteiger partial charge in [0.05, 0.1) is 30.7 Å². The van der Waals surface area contributed by atoms with Crippen molar-refractivity contribution in [3.05, 3.63) is 12.7 Å². The van der Waals surface area contributed by atoms with Gasteiger partial charge < -0.3 is 14.6 Å². The third-order valence-electron chi connectivity index (χ3n) is 4.82. The van der Waals surface area contributed by atoms with Crippen LogP contribution in [0.15, 0.2) is 12.7 Å². The highest BCUT2D eigenvalue weighted by Crippen LogP contribution is 2.52. The maximum absolute atomic E-state index is 15.2. The molecule has 0 heterocycles. The normalized spacial score (nSPS) is 15.3. The Balaban J connectivity index is 5.70. The van der Waals surface area contributed by atoms with Gasteiger partial charge in [-0.05, 0) is 27.7 Å². The van der Waals surface area contributed by atoms with Gasteiger partial charge in [0.15, 0.2) is 0 Å². The van der Waals surface area contributed by atoms with Crippen LogP contribution in [0.1, 0.15) is 55.4 Å². The number of hydrogen-bond donors (Lipinski definition) is 1. The fraction of sp³-hybridized carbons (Fsp3) is 0.895. The van der Waals surface area contributed by atoms with Crippen LogP contribution < -0.4 is 0 Å². The average molecular weight is 386 g/mol. The second kappa shape index (κ2) is 7.76. The van der Waals surface area contributed by atoms with Crippen LogP contribution in [0.4, 0.5) is 17.6 Å². The molecule has 7 heteroatoms. The maximum Gasteiger partial charge on any atom is 0.283 e. The standard InChI is InChI=1S/C19H34F4O3/c1-10-11-25-13-15(4,5)19(22,23)17(8,9)26-16(6,7)18(20,21)14(2,3)12-24/h10,24H,1,11-13H2,2-9H3. The fourth-order valence-electron chi connectivity index (χ4n) is 2.98. The van der Waals surface area contributed by atoms with Gasteiger partial charge in [0, 0.05) is 0 Å². The van der Waals surface area contributed by atoms with E-state index in [1.54, 1.807) is 0 Å². The van der Waals surface area contributed by atoms with E-state index in [4.69, 9.17) is 9.47 Å². The smallest absolute Gasteiger partial charge is 0.283 e. The number of aliphatic hydroxyl groups is 1. The topological polar surface area (TPSA) is 38.7 Å². The Morgan fingerprint density at radius 1 is 0.808 bits per heavy atom. The largest absolute Gasteiger partial charge is 0.396 e. The summed E-state index contributed by atoms with van der Waals surface area (Å²) in [6, 6.07) is 0. The van der Waals surface area contributed by atoms with Gasteiger partial charge in [-0.25, -0.2) is 17.6 Å². The van der Waals surface area contributed by atoms with Crippen LogP contribution in [0, 0.1) is 10.8 Å². The van der Waals surface area contributed by atoms with Crippen LogP contribution >= 0.6 is 0 Å². The first kappa shape index (κ1) is 25.3. The molecular formula is C19H34F4O3. The minimum absolute atomic E-state index is 0.106. The summed E-state index contributed by atoms with van der Waals surface area (Å²) in [5.74, 6) is -7.05. The van der Waals surface area contributed by atoms with Gasteiger partial charge in [0.1, 0.15) is 11.2 Å². The average Bonchev–Trinajstić information content (AvgIpc) is 2.45. The Bertz CT molecular complexity index is 483.